The molecule has 1 aromatic heterocycles. The maximum absolute atomic E-state index is 9.74. The van der Waals surface area contributed by atoms with E-state index in [2.05, 4.69) is 10.1 Å². The zero-order chi connectivity index (χ0) is 12.8. The quantitative estimate of drug-likeness (QED) is 0.844. The summed E-state index contributed by atoms with van der Waals surface area (Å²) in [5.41, 5.74) is 0. The number of aliphatic hydroxyl groups is 1. The second-order valence-corrected chi connectivity index (χ2v) is 4.88. The van der Waals surface area contributed by atoms with Gasteiger partial charge in [0, 0.05) is 13.0 Å². The summed E-state index contributed by atoms with van der Waals surface area (Å²) in [6, 6.07) is 0. The lowest BCUT2D eigenvalue weighted by Crippen LogP contribution is -2.19. The summed E-state index contributed by atoms with van der Waals surface area (Å²) in [5.74, 6) is 1.02. The van der Waals surface area contributed by atoms with Crippen LogP contribution in [0.2, 0.25) is 0 Å². The van der Waals surface area contributed by atoms with Crippen LogP contribution in [0.25, 0.3) is 0 Å². The van der Waals surface area contributed by atoms with Gasteiger partial charge in [-0.2, -0.15) is 4.98 Å². The van der Waals surface area contributed by atoms with E-state index < -0.39 is 6.10 Å². The molecule has 18 heavy (non-hydrogen) atoms. The summed E-state index contributed by atoms with van der Waals surface area (Å²) < 4.78 is 10.8. The Bertz CT molecular complexity index is 348. The van der Waals surface area contributed by atoms with Gasteiger partial charge in [0.15, 0.2) is 5.82 Å². The zero-order valence-electron chi connectivity index (χ0n) is 11.0. The van der Waals surface area contributed by atoms with E-state index in [4.69, 9.17) is 9.26 Å². The number of nitrogens with zero attached hydrogens (tertiary/aromatic N) is 2. The molecule has 0 amide bonds. The molecule has 1 aliphatic heterocycles. The normalized spacial score (nSPS) is 22.0. The Morgan fingerprint density at radius 3 is 3.06 bits per heavy atom. The largest absolute Gasteiger partial charge is 0.385 e. The summed E-state index contributed by atoms with van der Waals surface area (Å²) in [7, 11) is 0. The lowest BCUT2D eigenvalue weighted by molar-refractivity contribution is 0.0104. The molecule has 5 nitrogen and oxygen atoms in total. The maximum Gasteiger partial charge on any atom is 0.226 e. The highest BCUT2D eigenvalue weighted by atomic mass is 16.5. The van der Waals surface area contributed by atoms with Crippen molar-refractivity contribution in [2.24, 2.45) is 0 Å². The third-order valence-corrected chi connectivity index (χ3v) is 3.30. The molecule has 2 unspecified atom stereocenters. The third kappa shape index (κ3) is 3.78. The summed E-state index contributed by atoms with van der Waals surface area (Å²) in [6.45, 7) is 2.89. The molecule has 1 saturated heterocycles. The van der Waals surface area contributed by atoms with Gasteiger partial charge in [0.25, 0.3) is 0 Å². The van der Waals surface area contributed by atoms with E-state index in [1.165, 1.54) is 12.8 Å². The number of aryl methyl sites for hydroxylation is 1. The fraction of sp³-hybridized carbons (Fsp3) is 0.846. The lowest BCUT2D eigenvalue weighted by Gasteiger charge is -2.21. The molecule has 102 valence electrons. The number of rotatable bonds is 6. The first-order valence-corrected chi connectivity index (χ1v) is 6.91. The first-order valence-electron chi connectivity index (χ1n) is 6.91. The SMILES string of the molecule is CCCC(O)c1noc(CCC2CCCCO2)n1. The van der Waals surface area contributed by atoms with E-state index in [-0.39, 0.29) is 0 Å². The Labute approximate surface area is 108 Å². The van der Waals surface area contributed by atoms with Crippen molar-refractivity contribution in [2.75, 3.05) is 6.61 Å². The van der Waals surface area contributed by atoms with Gasteiger partial charge >= 0.3 is 0 Å². The topological polar surface area (TPSA) is 68.4 Å². The Morgan fingerprint density at radius 1 is 1.44 bits per heavy atom. The molecule has 2 rings (SSSR count). The van der Waals surface area contributed by atoms with Crippen LogP contribution < -0.4 is 0 Å². The monoisotopic (exact) mass is 254 g/mol. The van der Waals surface area contributed by atoms with Gasteiger partial charge < -0.3 is 14.4 Å². The molecule has 1 aromatic rings. The first kappa shape index (κ1) is 13.5. The highest BCUT2D eigenvalue weighted by molar-refractivity contribution is 4.91. The molecule has 0 radical (unpaired) electrons. The Hall–Kier alpha value is -0.940. The van der Waals surface area contributed by atoms with Crippen molar-refractivity contribution in [3.63, 3.8) is 0 Å². The maximum atomic E-state index is 9.74. The van der Waals surface area contributed by atoms with Crippen LogP contribution in [0.5, 0.6) is 0 Å². The van der Waals surface area contributed by atoms with E-state index in [9.17, 15) is 5.11 Å². The predicted molar refractivity (Wildman–Crippen MR) is 66.1 cm³/mol. The molecule has 0 aliphatic carbocycles. The Balaban J connectivity index is 1.79. The molecule has 2 atom stereocenters. The molecular formula is C13H22N2O3. The van der Waals surface area contributed by atoms with Crippen LogP contribution in [0.4, 0.5) is 0 Å². The zero-order valence-corrected chi connectivity index (χ0v) is 11.0. The fourth-order valence-electron chi connectivity index (χ4n) is 2.23. The minimum atomic E-state index is -0.599. The molecule has 2 heterocycles. The van der Waals surface area contributed by atoms with Gasteiger partial charge in [0.1, 0.15) is 6.10 Å². The molecule has 1 N–H and O–H groups in total. The summed E-state index contributed by atoms with van der Waals surface area (Å²) in [5, 5.41) is 13.6. The van der Waals surface area contributed by atoms with Crippen LogP contribution in [0.3, 0.4) is 0 Å². The molecule has 0 spiro atoms. The Kier molecular flexibility index (Phi) is 5.13. The van der Waals surface area contributed by atoms with E-state index in [0.29, 0.717) is 24.2 Å². The van der Waals surface area contributed by atoms with E-state index in [1.54, 1.807) is 0 Å². The third-order valence-electron chi connectivity index (χ3n) is 3.30. The summed E-state index contributed by atoms with van der Waals surface area (Å²) >= 11 is 0. The van der Waals surface area contributed by atoms with Crippen molar-refractivity contribution >= 4 is 0 Å². The first-order chi connectivity index (χ1) is 8.79. The number of aliphatic hydroxyl groups excluding tert-OH is 1. The standard InChI is InChI=1S/C13H22N2O3/c1-2-5-11(16)13-14-12(18-15-13)8-7-10-6-3-4-9-17-10/h10-11,16H,2-9H2,1H3. The molecule has 1 fully saturated rings. The van der Waals surface area contributed by atoms with Crippen LogP contribution >= 0.6 is 0 Å². The van der Waals surface area contributed by atoms with Crippen LogP contribution in [0.1, 0.15) is 63.3 Å². The van der Waals surface area contributed by atoms with Crippen molar-refractivity contribution in [2.45, 2.75) is 64.1 Å². The molecule has 1 aliphatic rings. The van der Waals surface area contributed by atoms with Crippen molar-refractivity contribution in [1.82, 2.24) is 10.1 Å². The summed E-state index contributed by atoms with van der Waals surface area (Å²) in [4.78, 5) is 4.23. The smallest absolute Gasteiger partial charge is 0.226 e. The van der Waals surface area contributed by atoms with Gasteiger partial charge in [-0.25, -0.2) is 0 Å². The average Bonchev–Trinajstić information content (AvgIpc) is 2.87. The van der Waals surface area contributed by atoms with Gasteiger partial charge in [0.05, 0.1) is 6.10 Å². The van der Waals surface area contributed by atoms with Crippen molar-refractivity contribution in [1.29, 1.82) is 0 Å². The van der Waals surface area contributed by atoms with Gasteiger partial charge in [-0.15, -0.1) is 0 Å². The predicted octanol–water partition coefficient (Wildman–Crippen LogP) is 2.40. The molecule has 5 heteroatoms. The summed E-state index contributed by atoms with van der Waals surface area (Å²) in [6.07, 6.45) is 6.50. The van der Waals surface area contributed by atoms with E-state index in [0.717, 1.165) is 32.3 Å². The minimum Gasteiger partial charge on any atom is -0.385 e. The molecule has 0 saturated carbocycles. The van der Waals surface area contributed by atoms with Crippen LogP contribution in [-0.2, 0) is 11.2 Å². The fourth-order valence-corrected chi connectivity index (χ4v) is 2.23. The van der Waals surface area contributed by atoms with Gasteiger partial charge in [-0.3, -0.25) is 0 Å². The number of hydrogen-bond donors (Lipinski definition) is 1. The Morgan fingerprint density at radius 2 is 2.33 bits per heavy atom. The average molecular weight is 254 g/mol. The van der Waals surface area contributed by atoms with Gasteiger partial charge in [-0.1, -0.05) is 18.5 Å². The van der Waals surface area contributed by atoms with E-state index in [1.807, 2.05) is 6.92 Å². The van der Waals surface area contributed by atoms with Crippen molar-refractivity contribution in [3.8, 4) is 0 Å². The number of hydrogen-bond acceptors (Lipinski definition) is 5. The molecule has 0 bridgehead atoms. The van der Waals surface area contributed by atoms with Crippen LogP contribution in [0.15, 0.2) is 4.52 Å². The molecule has 0 aromatic carbocycles. The van der Waals surface area contributed by atoms with Crippen molar-refractivity contribution in [3.05, 3.63) is 11.7 Å². The highest BCUT2D eigenvalue weighted by Gasteiger charge is 2.17. The van der Waals surface area contributed by atoms with Gasteiger partial charge in [0.2, 0.25) is 5.89 Å². The molecular weight excluding hydrogens is 232 g/mol. The number of aromatic nitrogens is 2. The van der Waals surface area contributed by atoms with E-state index >= 15 is 0 Å². The van der Waals surface area contributed by atoms with Crippen LogP contribution in [-0.4, -0.2) is 28.0 Å². The highest BCUT2D eigenvalue weighted by Crippen LogP contribution is 2.19. The second-order valence-electron chi connectivity index (χ2n) is 4.88. The lowest BCUT2D eigenvalue weighted by atomic mass is 10.0. The number of ether oxygens (including phenoxy) is 1. The van der Waals surface area contributed by atoms with Gasteiger partial charge in [-0.05, 0) is 32.1 Å². The van der Waals surface area contributed by atoms with Crippen molar-refractivity contribution < 1.29 is 14.4 Å². The second kappa shape index (κ2) is 6.85. The van der Waals surface area contributed by atoms with Crippen LogP contribution in [0, 0.1) is 0 Å². The minimum absolute atomic E-state index is 0.328.